The van der Waals surface area contributed by atoms with Gasteiger partial charge in [-0.05, 0) is 41.7 Å². The van der Waals surface area contributed by atoms with E-state index in [-0.39, 0.29) is 29.6 Å². The van der Waals surface area contributed by atoms with E-state index >= 15 is 0 Å². The molecule has 0 aliphatic rings. The highest BCUT2D eigenvalue weighted by molar-refractivity contribution is 5.88. The van der Waals surface area contributed by atoms with Crippen LogP contribution in [0.4, 0.5) is 4.39 Å². The third kappa shape index (κ3) is 5.05. The van der Waals surface area contributed by atoms with Crippen LogP contribution in [-0.4, -0.2) is 30.6 Å². The Kier molecular flexibility index (Phi) is 6.72. The molecule has 1 atom stereocenters. The molecule has 0 fully saturated rings. The molecule has 0 aliphatic heterocycles. The maximum atomic E-state index is 13.7. The summed E-state index contributed by atoms with van der Waals surface area (Å²) in [4.78, 5) is 23.1. The van der Waals surface area contributed by atoms with Crippen molar-refractivity contribution >= 4 is 11.9 Å². The van der Waals surface area contributed by atoms with Crippen LogP contribution in [0.15, 0.2) is 42.5 Å². The summed E-state index contributed by atoms with van der Waals surface area (Å²) >= 11 is 0. The highest BCUT2D eigenvalue weighted by atomic mass is 19.1. The Hall–Kier alpha value is -2.89. The topological polar surface area (TPSA) is 75.6 Å². The van der Waals surface area contributed by atoms with E-state index in [1.165, 1.54) is 25.3 Å². The van der Waals surface area contributed by atoms with Gasteiger partial charge in [-0.15, -0.1) is 0 Å². The Morgan fingerprint density at radius 2 is 1.96 bits per heavy atom. The number of hydrogen-bond donors (Lipinski definition) is 2. The molecule has 0 saturated heterocycles. The Morgan fingerprint density at radius 1 is 1.23 bits per heavy atom. The van der Waals surface area contributed by atoms with Gasteiger partial charge in [0, 0.05) is 13.0 Å². The number of rotatable bonds is 8. The molecule has 2 aromatic rings. The molecule has 0 spiro atoms. The minimum Gasteiger partial charge on any atom is -0.496 e. The van der Waals surface area contributed by atoms with E-state index < -0.39 is 5.97 Å². The van der Waals surface area contributed by atoms with Crippen molar-refractivity contribution in [2.45, 2.75) is 25.7 Å². The lowest BCUT2D eigenvalue weighted by Gasteiger charge is -2.13. The summed E-state index contributed by atoms with van der Waals surface area (Å²) in [6.07, 6.45) is 0.693. The molecule has 1 amide bonds. The van der Waals surface area contributed by atoms with Gasteiger partial charge in [-0.1, -0.05) is 31.2 Å². The van der Waals surface area contributed by atoms with Gasteiger partial charge in [0.2, 0.25) is 5.91 Å². The molecule has 2 rings (SSSR count). The number of carboxylic acids is 1. The first-order valence-electron chi connectivity index (χ1n) is 8.33. The molecule has 26 heavy (non-hydrogen) atoms. The van der Waals surface area contributed by atoms with E-state index in [4.69, 9.17) is 9.84 Å². The van der Waals surface area contributed by atoms with Gasteiger partial charge in [-0.2, -0.15) is 0 Å². The van der Waals surface area contributed by atoms with Crippen LogP contribution in [0.3, 0.4) is 0 Å². The maximum absolute atomic E-state index is 13.7. The average Bonchev–Trinajstić information content (AvgIpc) is 2.61. The lowest BCUT2D eigenvalue weighted by atomic mass is 9.97. The first-order chi connectivity index (χ1) is 12.4. The minimum atomic E-state index is -1.02. The summed E-state index contributed by atoms with van der Waals surface area (Å²) in [7, 11) is 1.47. The zero-order valence-electron chi connectivity index (χ0n) is 14.8. The SMILES string of the molecule is COc1cc(C(=O)O)ccc1CCNC(=O)CC(C)c1ccccc1F. The van der Waals surface area contributed by atoms with Crippen molar-refractivity contribution in [1.82, 2.24) is 5.32 Å². The zero-order chi connectivity index (χ0) is 19.1. The molecule has 2 N–H and O–H groups in total. The van der Waals surface area contributed by atoms with Crippen molar-refractivity contribution in [3.63, 3.8) is 0 Å². The summed E-state index contributed by atoms with van der Waals surface area (Å²) < 4.78 is 19.0. The fourth-order valence-corrected chi connectivity index (χ4v) is 2.76. The standard InChI is InChI=1S/C20H22FNO4/c1-13(16-5-3-4-6-17(16)21)11-19(23)22-10-9-14-7-8-15(20(24)25)12-18(14)26-2/h3-8,12-13H,9-11H2,1-2H3,(H,22,23)(H,24,25). The summed E-state index contributed by atoms with van der Waals surface area (Å²) in [5.74, 6) is -1.25. The zero-order valence-corrected chi connectivity index (χ0v) is 14.8. The normalized spacial score (nSPS) is 11.7. The van der Waals surface area contributed by atoms with E-state index in [9.17, 15) is 14.0 Å². The Labute approximate surface area is 151 Å². The molecular weight excluding hydrogens is 337 g/mol. The van der Waals surface area contributed by atoms with Gasteiger partial charge >= 0.3 is 5.97 Å². The van der Waals surface area contributed by atoms with Crippen LogP contribution in [0, 0.1) is 5.82 Å². The fraction of sp³-hybridized carbons (Fsp3) is 0.300. The average molecular weight is 359 g/mol. The number of hydrogen-bond acceptors (Lipinski definition) is 3. The van der Waals surface area contributed by atoms with Crippen LogP contribution in [0.2, 0.25) is 0 Å². The number of halogens is 1. The van der Waals surface area contributed by atoms with Gasteiger partial charge in [0.05, 0.1) is 12.7 Å². The lowest BCUT2D eigenvalue weighted by Crippen LogP contribution is -2.27. The summed E-state index contributed by atoms with van der Waals surface area (Å²) in [6.45, 7) is 2.19. The minimum absolute atomic E-state index is 0.147. The highest BCUT2D eigenvalue weighted by Crippen LogP contribution is 2.22. The first kappa shape index (κ1) is 19.4. The van der Waals surface area contributed by atoms with Crippen LogP contribution < -0.4 is 10.1 Å². The number of carbonyl (C=O) groups is 2. The first-order valence-corrected chi connectivity index (χ1v) is 8.33. The molecule has 0 radical (unpaired) electrons. The van der Waals surface area contributed by atoms with Crippen molar-refractivity contribution in [2.75, 3.05) is 13.7 Å². The Balaban J connectivity index is 1.88. The molecule has 0 saturated carbocycles. The van der Waals surface area contributed by atoms with Crippen molar-refractivity contribution in [1.29, 1.82) is 0 Å². The lowest BCUT2D eigenvalue weighted by molar-refractivity contribution is -0.121. The van der Waals surface area contributed by atoms with Crippen LogP contribution in [0.5, 0.6) is 5.75 Å². The van der Waals surface area contributed by atoms with Crippen LogP contribution in [0.25, 0.3) is 0 Å². The molecule has 0 heterocycles. The molecule has 0 aromatic heterocycles. The van der Waals surface area contributed by atoms with Crippen LogP contribution in [0.1, 0.15) is 40.7 Å². The van der Waals surface area contributed by atoms with Gasteiger partial charge in [0.25, 0.3) is 0 Å². The fourth-order valence-electron chi connectivity index (χ4n) is 2.76. The van der Waals surface area contributed by atoms with Gasteiger partial charge in [0.15, 0.2) is 0 Å². The number of amides is 1. The van der Waals surface area contributed by atoms with Gasteiger partial charge in [-0.25, -0.2) is 9.18 Å². The quantitative estimate of drug-likeness (QED) is 0.758. The summed E-state index contributed by atoms with van der Waals surface area (Å²) in [6, 6.07) is 11.1. The summed E-state index contributed by atoms with van der Waals surface area (Å²) in [5, 5.41) is 11.8. The van der Waals surface area contributed by atoms with E-state index in [0.717, 1.165) is 5.56 Å². The second-order valence-electron chi connectivity index (χ2n) is 6.06. The summed E-state index contributed by atoms with van der Waals surface area (Å²) in [5.41, 5.74) is 1.47. The maximum Gasteiger partial charge on any atom is 0.335 e. The number of methoxy groups -OCH3 is 1. The molecule has 5 nitrogen and oxygen atoms in total. The van der Waals surface area contributed by atoms with Crippen molar-refractivity contribution in [3.8, 4) is 5.75 Å². The van der Waals surface area contributed by atoms with Gasteiger partial charge in [0.1, 0.15) is 11.6 Å². The third-order valence-electron chi connectivity index (χ3n) is 4.18. The van der Waals surface area contributed by atoms with Gasteiger partial charge < -0.3 is 15.2 Å². The third-order valence-corrected chi connectivity index (χ3v) is 4.18. The monoisotopic (exact) mass is 359 g/mol. The molecule has 138 valence electrons. The predicted octanol–water partition coefficient (Wildman–Crippen LogP) is 3.39. The molecule has 2 aromatic carbocycles. The van der Waals surface area contributed by atoms with Crippen molar-refractivity contribution < 1.29 is 23.8 Å². The number of benzene rings is 2. The molecular formula is C20H22FNO4. The van der Waals surface area contributed by atoms with Crippen molar-refractivity contribution in [3.05, 3.63) is 65.0 Å². The molecule has 0 aliphatic carbocycles. The Bertz CT molecular complexity index is 791. The molecule has 6 heteroatoms. The number of nitrogens with one attached hydrogen (secondary N) is 1. The largest absolute Gasteiger partial charge is 0.496 e. The number of carbonyl (C=O) groups excluding carboxylic acids is 1. The highest BCUT2D eigenvalue weighted by Gasteiger charge is 2.15. The number of ether oxygens (including phenoxy) is 1. The van der Waals surface area contributed by atoms with Gasteiger partial charge in [-0.3, -0.25) is 4.79 Å². The van der Waals surface area contributed by atoms with E-state index in [0.29, 0.717) is 24.3 Å². The van der Waals surface area contributed by atoms with E-state index in [2.05, 4.69) is 5.32 Å². The van der Waals surface area contributed by atoms with E-state index in [1.807, 2.05) is 6.92 Å². The molecule has 0 bridgehead atoms. The Morgan fingerprint density at radius 3 is 2.62 bits per heavy atom. The second-order valence-corrected chi connectivity index (χ2v) is 6.06. The van der Waals surface area contributed by atoms with Crippen LogP contribution >= 0.6 is 0 Å². The van der Waals surface area contributed by atoms with Crippen LogP contribution in [-0.2, 0) is 11.2 Å². The second kappa shape index (κ2) is 8.99. The molecule has 1 unspecified atom stereocenters. The smallest absolute Gasteiger partial charge is 0.335 e. The van der Waals surface area contributed by atoms with E-state index in [1.54, 1.807) is 24.3 Å². The predicted molar refractivity (Wildman–Crippen MR) is 96.1 cm³/mol. The van der Waals surface area contributed by atoms with Crippen molar-refractivity contribution in [2.24, 2.45) is 0 Å². The number of aromatic carboxylic acids is 1. The number of carboxylic acid groups (broad SMARTS) is 1.